The van der Waals surface area contributed by atoms with Crippen molar-refractivity contribution in [3.05, 3.63) is 57.5 Å². The van der Waals surface area contributed by atoms with Crippen LogP contribution in [0.5, 0.6) is 0 Å². The number of carbonyl (C=O) groups is 1. The molecular formula is C25H33FN2O2S. The Hall–Kier alpha value is -1.60. The van der Waals surface area contributed by atoms with Crippen LogP contribution in [0.15, 0.2) is 35.7 Å². The fourth-order valence-electron chi connectivity index (χ4n) is 4.74. The molecule has 0 radical (unpaired) electrons. The number of ether oxygens (including phenoxy) is 1. The fourth-order valence-corrected chi connectivity index (χ4v) is 5.55. The van der Waals surface area contributed by atoms with E-state index < -0.39 is 0 Å². The number of Topliss-reactive ketones (excluding diaryl/α,β-unsaturated/α-hetero) is 1. The van der Waals surface area contributed by atoms with E-state index in [1.807, 2.05) is 18.2 Å². The summed E-state index contributed by atoms with van der Waals surface area (Å²) in [5.41, 5.74) is 2.02. The van der Waals surface area contributed by atoms with Crippen LogP contribution in [0, 0.1) is 11.7 Å². The van der Waals surface area contributed by atoms with Crippen LogP contribution in [0.25, 0.3) is 0 Å². The number of halogens is 1. The van der Waals surface area contributed by atoms with Crippen LogP contribution in [-0.4, -0.2) is 54.5 Å². The molecule has 1 aromatic carbocycles. The predicted octanol–water partition coefficient (Wildman–Crippen LogP) is 4.98. The second-order valence-corrected chi connectivity index (χ2v) is 9.93. The van der Waals surface area contributed by atoms with Gasteiger partial charge in [0, 0.05) is 38.3 Å². The lowest BCUT2D eigenvalue weighted by molar-refractivity contribution is 0.0570. The molecule has 0 aliphatic carbocycles. The van der Waals surface area contributed by atoms with Gasteiger partial charge in [-0.3, -0.25) is 14.6 Å². The van der Waals surface area contributed by atoms with E-state index in [1.54, 1.807) is 30.4 Å². The number of piperidine rings is 1. The Balaban J connectivity index is 1.32. The van der Waals surface area contributed by atoms with E-state index in [0.717, 1.165) is 75.5 Å². The molecular weight excluding hydrogens is 411 g/mol. The molecule has 3 heterocycles. The normalized spacial score (nSPS) is 20.5. The Morgan fingerprint density at radius 1 is 1.23 bits per heavy atom. The van der Waals surface area contributed by atoms with E-state index in [4.69, 9.17) is 4.74 Å². The van der Waals surface area contributed by atoms with Gasteiger partial charge in [-0.2, -0.15) is 0 Å². The summed E-state index contributed by atoms with van der Waals surface area (Å²) >= 11 is 1.55. The molecule has 0 spiro atoms. The van der Waals surface area contributed by atoms with E-state index in [0.29, 0.717) is 18.6 Å². The molecule has 2 saturated heterocycles. The van der Waals surface area contributed by atoms with Gasteiger partial charge in [-0.1, -0.05) is 18.2 Å². The van der Waals surface area contributed by atoms with Crippen LogP contribution in [0.1, 0.15) is 53.4 Å². The van der Waals surface area contributed by atoms with Gasteiger partial charge >= 0.3 is 0 Å². The lowest BCUT2D eigenvalue weighted by Gasteiger charge is -2.35. The topological polar surface area (TPSA) is 32.8 Å². The van der Waals surface area contributed by atoms with Crippen molar-refractivity contribution in [3.8, 4) is 0 Å². The van der Waals surface area contributed by atoms with Gasteiger partial charge in [0.05, 0.1) is 11.0 Å². The zero-order chi connectivity index (χ0) is 21.6. The maximum absolute atomic E-state index is 14.0. The smallest absolute Gasteiger partial charge is 0.169 e. The molecule has 0 amide bonds. The van der Waals surface area contributed by atoms with Gasteiger partial charge in [0.25, 0.3) is 0 Å². The van der Waals surface area contributed by atoms with Crippen molar-refractivity contribution in [2.45, 2.75) is 51.8 Å². The second-order valence-electron chi connectivity index (χ2n) is 9.02. The first-order valence-corrected chi connectivity index (χ1v) is 12.3. The SMILES string of the molecule is CC(=O)c1cc(CN(CC2CCN(Cc3ccccc3F)CC2)C[C@H]2CCCO2)cs1. The van der Waals surface area contributed by atoms with Crippen molar-refractivity contribution in [2.24, 2.45) is 5.92 Å². The molecule has 2 aliphatic heterocycles. The molecule has 4 nitrogen and oxygen atoms in total. The summed E-state index contributed by atoms with van der Waals surface area (Å²) in [4.78, 5) is 17.4. The summed E-state index contributed by atoms with van der Waals surface area (Å²) in [5, 5.41) is 2.12. The first-order chi connectivity index (χ1) is 15.1. The third kappa shape index (κ3) is 6.45. The molecule has 1 atom stereocenters. The van der Waals surface area contributed by atoms with Crippen molar-refractivity contribution in [1.29, 1.82) is 0 Å². The van der Waals surface area contributed by atoms with Crippen LogP contribution < -0.4 is 0 Å². The Morgan fingerprint density at radius 3 is 2.71 bits per heavy atom. The number of ketones is 1. The minimum atomic E-state index is -0.104. The Kier molecular flexibility index (Phi) is 7.88. The van der Waals surface area contributed by atoms with Gasteiger partial charge in [-0.15, -0.1) is 11.3 Å². The molecule has 0 bridgehead atoms. The summed E-state index contributed by atoms with van der Waals surface area (Å²) < 4.78 is 19.9. The standard InChI is InChI=1S/C25H33FN2O2S/c1-19(29)25-13-21(18-31-25)15-28(17-23-6-4-12-30-23)14-20-8-10-27(11-9-20)16-22-5-2-3-7-24(22)26/h2-3,5,7,13,18,20,23H,4,6,8-12,14-17H2,1H3/t23-/m1/s1. The Labute approximate surface area is 189 Å². The number of likely N-dealkylation sites (tertiary alicyclic amines) is 1. The monoisotopic (exact) mass is 444 g/mol. The quantitative estimate of drug-likeness (QED) is 0.511. The average Bonchev–Trinajstić information content (AvgIpc) is 3.43. The highest BCUT2D eigenvalue weighted by Crippen LogP contribution is 2.24. The number of rotatable bonds is 9. The number of benzene rings is 1. The summed E-state index contributed by atoms with van der Waals surface area (Å²) in [7, 11) is 0. The van der Waals surface area contributed by atoms with Crippen LogP contribution in [0.3, 0.4) is 0 Å². The summed E-state index contributed by atoms with van der Waals surface area (Å²) in [6, 6.07) is 9.15. The molecule has 0 saturated carbocycles. The van der Waals surface area contributed by atoms with E-state index >= 15 is 0 Å². The molecule has 168 valence electrons. The van der Waals surface area contributed by atoms with E-state index in [1.165, 1.54) is 5.56 Å². The van der Waals surface area contributed by atoms with Gasteiger partial charge in [-0.25, -0.2) is 4.39 Å². The van der Waals surface area contributed by atoms with Crippen LogP contribution in [-0.2, 0) is 17.8 Å². The van der Waals surface area contributed by atoms with Crippen LogP contribution in [0.4, 0.5) is 4.39 Å². The minimum absolute atomic E-state index is 0.104. The molecule has 1 aromatic heterocycles. The summed E-state index contributed by atoms with van der Waals surface area (Å²) in [5.74, 6) is 0.682. The van der Waals surface area contributed by atoms with Crippen molar-refractivity contribution in [1.82, 2.24) is 9.80 Å². The lowest BCUT2D eigenvalue weighted by atomic mass is 9.95. The Bertz CT molecular complexity index is 857. The highest BCUT2D eigenvalue weighted by Gasteiger charge is 2.25. The van der Waals surface area contributed by atoms with Crippen LogP contribution >= 0.6 is 11.3 Å². The molecule has 0 unspecified atom stereocenters. The van der Waals surface area contributed by atoms with Crippen molar-refractivity contribution in [2.75, 3.05) is 32.8 Å². The van der Waals surface area contributed by atoms with Crippen molar-refractivity contribution in [3.63, 3.8) is 0 Å². The summed E-state index contributed by atoms with van der Waals surface area (Å²) in [6.07, 6.45) is 4.89. The first-order valence-electron chi connectivity index (χ1n) is 11.4. The largest absolute Gasteiger partial charge is 0.377 e. The number of carbonyl (C=O) groups excluding carboxylic acids is 1. The van der Waals surface area contributed by atoms with Gasteiger partial charge in [-0.05, 0) is 74.7 Å². The zero-order valence-electron chi connectivity index (χ0n) is 18.4. The Morgan fingerprint density at radius 2 is 2.03 bits per heavy atom. The van der Waals surface area contributed by atoms with Crippen molar-refractivity contribution >= 4 is 17.1 Å². The highest BCUT2D eigenvalue weighted by atomic mass is 32.1. The van der Waals surface area contributed by atoms with Gasteiger partial charge in [0.1, 0.15) is 5.82 Å². The molecule has 31 heavy (non-hydrogen) atoms. The summed E-state index contributed by atoms with van der Waals surface area (Å²) in [6.45, 7) is 8.12. The zero-order valence-corrected chi connectivity index (χ0v) is 19.2. The molecule has 2 fully saturated rings. The van der Waals surface area contributed by atoms with Crippen LogP contribution in [0.2, 0.25) is 0 Å². The number of thiophene rings is 1. The third-order valence-corrected chi connectivity index (χ3v) is 7.55. The van der Waals surface area contributed by atoms with E-state index in [2.05, 4.69) is 15.2 Å². The lowest BCUT2D eigenvalue weighted by Crippen LogP contribution is -2.40. The number of nitrogens with zero attached hydrogens (tertiary/aromatic N) is 2. The number of hydrogen-bond acceptors (Lipinski definition) is 5. The minimum Gasteiger partial charge on any atom is -0.377 e. The molecule has 2 aliphatic rings. The van der Waals surface area contributed by atoms with E-state index in [-0.39, 0.29) is 11.6 Å². The molecule has 4 rings (SSSR count). The molecule has 6 heteroatoms. The molecule has 0 N–H and O–H groups in total. The average molecular weight is 445 g/mol. The fraction of sp³-hybridized carbons (Fsp3) is 0.560. The first kappa shape index (κ1) is 22.6. The van der Waals surface area contributed by atoms with E-state index in [9.17, 15) is 9.18 Å². The molecule has 2 aromatic rings. The maximum atomic E-state index is 14.0. The maximum Gasteiger partial charge on any atom is 0.169 e. The van der Waals surface area contributed by atoms with Gasteiger partial charge in [0.2, 0.25) is 0 Å². The highest BCUT2D eigenvalue weighted by molar-refractivity contribution is 7.12. The predicted molar refractivity (Wildman–Crippen MR) is 123 cm³/mol. The number of hydrogen-bond donors (Lipinski definition) is 0. The van der Waals surface area contributed by atoms with Gasteiger partial charge < -0.3 is 4.74 Å². The third-order valence-electron chi connectivity index (χ3n) is 6.47. The second kappa shape index (κ2) is 10.8. The van der Waals surface area contributed by atoms with Crippen molar-refractivity contribution < 1.29 is 13.9 Å². The van der Waals surface area contributed by atoms with Gasteiger partial charge in [0.15, 0.2) is 5.78 Å².